The monoisotopic (exact) mass is 496 g/mol. The van der Waals surface area contributed by atoms with Gasteiger partial charge in [-0.25, -0.2) is 4.98 Å². The van der Waals surface area contributed by atoms with Crippen molar-refractivity contribution >= 4 is 22.8 Å². The fraction of sp³-hybridized carbons (Fsp3) is 0.300. The summed E-state index contributed by atoms with van der Waals surface area (Å²) in [6.07, 6.45) is 2.15. The van der Waals surface area contributed by atoms with Gasteiger partial charge in [0.1, 0.15) is 18.2 Å². The third kappa shape index (κ3) is 5.82. The third-order valence-electron chi connectivity index (χ3n) is 7.03. The molecule has 1 aromatic heterocycles. The van der Waals surface area contributed by atoms with E-state index in [1.807, 2.05) is 36.4 Å². The van der Waals surface area contributed by atoms with Gasteiger partial charge in [-0.2, -0.15) is 0 Å². The van der Waals surface area contributed by atoms with Gasteiger partial charge in [0.15, 0.2) is 0 Å². The second kappa shape index (κ2) is 10.5. The van der Waals surface area contributed by atoms with Gasteiger partial charge in [0.25, 0.3) is 5.91 Å². The lowest BCUT2D eigenvalue weighted by Crippen LogP contribution is -2.27. The van der Waals surface area contributed by atoms with Crippen LogP contribution in [-0.2, 0) is 17.8 Å². The number of hydrogen-bond acceptors (Lipinski definition) is 4. The molecule has 3 aromatic carbocycles. The number of primary amides is 1. The van der Waals surface area contributed by atoms with Crippen molar-refractivity contribution in [3.05, 3.63) is 94.3 Å². The molecule has 0 spiro atoms. The summed E-state index contributed by atoms with van der Waals surface area (Å²) in [5, 5.41) is 2.78. The van der Waals surface area contributed by atoms with Crippen molar-refractivity contribution in [3.63, 3.8) is 0 Å². The molecule has 4 N–H and O–H groups in total. The first-order valence-corrected chi connectivity index (χ1v) is 12.7. The summed E-state index contributed by atoms with van der Waals surface area (Å²) < 4.78 is 6.25. The molecule has 1 aliphatic carbocycles. The number of hydrogen-bond donors (Lipinski definition) is 3. The predicted molar refractivity (Wildman–Crippen MR) is 143 cm³/mol. The first-order chi connectivity index (χ1) is 17.9. The number of nitrogens with zero attached hydrogens (tertiary/aromatic N) is 1. The molecule has 1 fully saturated rings. The van der Waals surface area contributed by atoms with E-state index in [1.165, 1.54) is 16.7 Å². The molecule has 1 aliphatic rings. The Bertz CT molecular complexity index is 1430. The van der Waals surface area contributed by atoms with Crippen LogP contribution in [0.1, 0.15) is 57.2 Å². The minimum absolute atomic E-state index is 0.109. The summed E-state index contributed by atoms with van der Waals surface area (Å²) in [5.74, 6) is 1.65. The molecule has 1 heterocycles. The van der Waals surface area contributed by atoms with Crippen molar-refractivity contribution in [2.24, 2.45) is 11.7 Å². The Balaban J connectivity index is 1.35. The fourth-order valence-electron chi connectivity index (χ4n) is 4.94. The van der Waals surface area contributed by atoms with Gasteiger partial charge in [-0.15, -0.1) is 0 Å². The lowest BCUT2D eigenvalue weighted by Gasteiger charge is -2.14. The van der Waals surface area contributed by atoms with E-state index in [2.05, 4.69) is 47.3 Å². The van der Waals surface area contributed by atoms with E-state index in [-0.39, 0.29) is 18.9 Å². The van der Waals surface area contributed by atoms with Gasteiger partial charge in [-0.05, 0) is 85.5 Å². The number of aryl methyl sites for hydroxylation is 2. The highest BCUT2D eigenvalue weighted by Crippen LogP contribution is 2.52. The van der Waals surface area contributed by atoms with E-state index in [9.17, 15) is 9.59 Å². The number of aromatic amines is 1. The maximum absolute atomic E-state index is 12.7. The minimum Gasteiger partial charge on any atom is -0.485 e. The maximum Gasteiger partial charge on any atom is 0.251 e. The van der Waals surface area contributed by atoms with E-state index >= 15 is 0 Å². The molecule has 2 unspecified atom stereocenters. The first-order valence-electron chi connectivity index (χ1n) is 12.7. The number of ether oxygens (including phenoxy) is 1. The van der Waals surface area contributed by atoms with Gasteiger partial charge in [0.2, 0.25) is 5.91 Å². The summed E-state index contributed by atoms with van der Waals surface area (Å²) in [6.45, 7) is 4.80. The summed E-state index contributed by atoms with van der Waals surface area (Å²) in [5.41, 5.74) is 12.6. The number of fused-ring (bicyclic) bond motifs is 1. The number of imidazole rings is 1. The number of nitrogens with two attached hydrogens (primary N) is 1. The maximum atomic E-state index is 12.7. The molecule has 0 saturated heterocycles. The van der Waals surface area contributed by atoms with Crippen molar-refractivity contribution < 1.29 is 14.3 Å². The molecular formula is C30H32N4O3. The fourth-order valence-corrected chi connectivity index (χ4v) is 4.94. The average molecular weight is 497 g/mol. The molecule has 0 bridgehead atoms. The zero-order valence-electron chi connectivity index (χ0n) is 21.2. The zero-order chi connectivity index (χ0) is 25.9. The van der Waals surface area contributed by atoms with E-state index < -0.39 is 5.91 Å². The van der Waals surface area contributed by atoms with Crippen LogP contribution in [0.4, 0.5) is 0 Å². The molecule has 4 aromatic rings. The topological polar surface area (TPSA) is 110 Å². The summed E-state index contributed by atoms with van der Waals surface area (Å²) in [4.78, 5) is 31.7. The van der Waals surface area contributed by atoms with E-state index in [0.717, 1.165) is 41.0 Å². The number of amides is 2. The number of rotatable bonds is 10. The Morgan fingerprint density at radius 1 is 1.11 bits per heavy atom. The van der Waals surface area contributed by atoms with Crippen molar-refractivity contribution in [2.75, 3.05) is 6.54 Å². The Kier molecular flexibility index (Phi) is 6.95. The van der Waals surface area contributed by atoms with Gasteiger partial charge in [-0.3, -0.25) is 9.59 Å². The normalized spacial score (nSPS) is 16.5. The van der Waals surface area contributed by atoms with Crippen molar-refractivity contribution in [2.45, 2.75) is 45.6 Å². The van der Waals surface area contributed by atoms with Gasteiger partial charge in [0, 0.05) is 18.5 Å². The van der Waals surface area contributed by atoms with E-state index in [0.29, 0.717) is 24.0 Å². The quantitative estimate of drug-likeness (QED) is 0.295. The highest BCUT2D eigenvalue weighted by Gasteiger charge is 2.40. The van der Waals surface area contributed by atoms with Crippen molar-refractivity contribution in [3.8, 4) is 5.75 Å². The van der Waals surface area contributed by atoms with Crippen LogP contribution in [0.3, 0.4) is 0 Å². The van der Waals surface area contributed by atoms with E-state index in [1.54, 1.807) is 6.07 Å². The number of benzene rings is 3. The number of H-pyrrole nitrogens is 1. The molecule has 0 radical (unpaired) electrons. The molecule has 2 amide bonds. The van der Waals surface area contributed by atoms with Crippen LogP contribution in [0.25, 0.3) is 11.0 Å². The Hall–Kier alpha value is -4.13. The lowest BCUT2D eigenvalue weighted by molar-refractivity contribution is -0.117. The van der Waals surface area contributed by atoms with E-state index in [4.69, 9.17) is 10.5 Å². The molecule has 0 aliphatic heterocycles. The van der Waals surface area contributed by atoms with Crippen LogP contribution in [0.15, 0.2) is 60.7 Å². The first kappa shape index (κ1) is 24.6. The highest BCUT2D eigenvalue weighted by atomic mass is 16.5. The minimum atomic E-state index is -0.442. The largest absolute Gasteiger partial charge is 0.485 e. The smallest absolute Gasteiger partial charge is 0.251 e. The Morgan fingerprint density at radius 3 is 2.73 bits per heavy atom. The van der Waals surface area contributed by atoms with Gasteiger partial charge < -0.3 is 20.8 Å². The van der Waals surface area contributed by atoms with Crippen LogP contribution in [0.2, 0.25) is 0 Å². The number of nitrogens with one attached hydrogen (secondary N) is 2. The van der Waals surface area contributed by atoms with Crippen LogP contribution in [0.5, 0.6) is 5.75 Å². The molecule has 37 heavy (non-hydrogen) atoms. The third-order valence-corrected chi connectivity index (χ3v) is 7.03. The number of carbonyl (C=O) groups excluding carboxylic acids is 2. The summed E-state index contributed by atoms with van der Waals surface area (Å²) >= 11 is 0. The molecule has 5 rings (SSSR count). The standard InChI is InChI=1S/C30H32N4O3/c1-18-7-8-20(19(2)13-18)14-22-16-23(22)24-15-21(30(36)32-12-11-28(31)35)9-10-27(24)37-17-29-33-25-5-3-4-6-26(25)34-29/h3-10,13,15,22-23H,11-12,14,16-17H2,1-2H3,(H2,31,35)(H,32,36)(H,33,34). The molecule has 190 valence electrons. The van der Waals surface area contributed by atoms with Gasteiger partial charge in [-0.1, -0.05) is 35.9 Å². The van der Waals surface area contributed by atoms with Crippen LogP contribution in [-0.4, -0.2) is 28.3 Å². The molecular weight excluding hydrogens is 464 g/mol. The Morgan fingerprint density at radius 2 is 1.95 bits per heavy atom. The lowest BCUT2D eigenvalue weighted by atomic mass is 9.98. The molecule has 7 heteroatoms. The number of aromatic nitrogens is 2. The molecule has 2 atom stereocenters. The van der Waals surface area contributed by atoms with Crippen molar-refractivity contribution in [1.82, 2.24) is 15.3 Å². The number of carbonyl (C=O) groups is 2. The second-order valence-electron chi connectivity index (χ2n) is 9.95. The number of para-hydroxylation sites is 2. The van der Waals surface area contributed by atoms with Gasteiger partial charge in [0.05, 0.1) is 11.0 Å². The van der Waals surface area contributed by atoms with Gasteiger partial charge >= 0.3 is 0 Å². The van der Waals surface area contributed by atoms with Crippen LogP contribution < -0.4 is 15.8 Å². The summed E-state index contributed by atoms with van der Waals surface area (Å²) in [7, 11) is 0. The molecule has 1 saturated carbocycles. The summed E-state index contributed by atoms with van der Waals surface area (Å²) in [6, 6.07) is 20.1. The zero-order valence-corrected chi connectivity index (χ0v) is 21.2. The SMILES string of the molecule is Cc1ccc(CC2CC2c2cc(C(=O)NCCC(N)=O)ccc2OCc2nc3ccccc3[nH]2)c(C)c1. The highest BCUT2D eigenvalue weighted by molar-refractivity contribution is 5.95. The Labute approximate surface area is 216 Å². The van der Waals surface area contributed by atoms with Crippen LogP contribution >= 0.6 is 0 Å². The van der Waals surface area contributed by atoms with Crippen molar-refractivity contribution in [1.29, 1.82) is 0 Å². The van der Waals surface area contributed by atoms with Crippen LogP contribution in [0, 0.1) is 19.8 Å². The molecule has 7 nitrogen and oxygen atoms in total. The predicted octanol–water partition coefficient (Wildman–Crippen LogP) is 4.71. The second-order valence-corrected chi connectivity index (χ2v) is 9.95. The average Bonchev–Trinajstić information content (AvgIpc) is 3.51.